The molecule has 1 saturated carbocycles. The molecule has 0 aromatic rings. The van der Waals surface area contributed by atoms with Crippen molar-refractivity contribution < 1.29 is 14.6 Å². The van der Waals surface area contributed by atoms with Crippen molar-refractivity contribution in [3.05, 3.63) is 17.9 Å². The number of ether oxygens (including phenoxy) is 1. The maximum Gasteiger partial charge on any atom is 0.305 e. The molecule has 1 aliphatic carbocycles. The van der Waals surface area contributed by atoms with Crippen LogP contribution in [0, 0.1) is 0 Å². The van der Waals surface area contributed by atoms with Crippen molar-refractivity contribution in [2.75, 3.05) is 6.61 Å². The summed E-state index contributed by atoms with van der Waals surface area (Å²) in [5, 5.41) is 10.5. The predicted octanol–water partition coefficient (Wildman–Crippen LogP) is 3.13. The van der Waals surface area contributed by atoms with E-state index in [2.05, 4.69) is 12.3 Å². The van der Waals surface area contributed by atoms with Gasteiger partial charge >= 0.3 is 5.97 Å². The highest BCUT2D eigenvalue weighted by Gasteiger charge is 2.32. The normalized spacial score (nSPS) is 17.9. The van der Waals surface area contributed by atoms with E-state index >= 15 is 0 Å². The second-order valence-electron chi connectivity index (χ2n) is 4.91. The van der Waals surface area contributed by atoms with Gasteiger partial charge in [-0.05, 0) is 32.6 Å². The third kappa shape index (κ3) is 4.32. The van der Waals surface area contributed by atoms with Crippen LogP contribution in [0.3, 0.4) is 0 Å². The van der Waals surface area contributed by atoms with E-state index in [0.717, 1.165) is 31.3 Å². The summed E-state index contributed by atoms with van der Waals surface area (Å²) < 4.78 is 4.88. The van der Waals surface area contributed by atoms with Gasteiger partial charge in [0.15, 0.2) is 0 Å². The Hall–Kier alpha value is -1.05. The van der Waals surface area contributed by atoms with Gasteiger partial charge in [-0.1, -0.05) is 25.8 Å². The molecule has 1 N–H and O–H groups in total. The number of carbonyl (C=O) groups excluding carboxylic acids is 1. The van der Waals surface area contributed by atoms with E-state index in [4.69, 9.17) is 4.74 Å². The second-order valence-corrected chi connectivity index (χ2v) is 4.91. The standard InChI is InChI=1S/C15H24O3/c1-3-13(9-8-10-14(16)18-4-2)15(17)11-6-5-7-12-15/h17H,1,4-12H2,2H3. The molecule has 0 aliphatic heterocycles. The molecule has 102 valence electrons. The van der Waals surface area contributed by atoms with Gasteiger partial charge in [0.05, 0.1) is 12.2 Å². The smallest absolute Gasteiger partial charge is 0.305 e. The van der Waals surface area contributed by atoms with Crippen LogP contribution in [-0.2, 0) is 9.53 Å². The molecule has 1 fully saturated rings. The molecule has 3 nitrogen and oxygen atoms in total. The van der Waals surface area contributed by atoms with Gasteiger partial charge in [-0.2, -0.15) is 0 Å². The van der Waals surface area contributed by atoms with Gasteiger partial charge in [-0.3, -0.25) is 4.79 Å². The predicted molar refractivity (Wildman–Crippen MR) is 71.2 cm³/mol. The first kappa shape index (κ1) is 15.0. The van der Waals surface area contributed by atoms with Crippen molar-refractivity contribution in [3.8, 4) is 0 Å². The Kier molecular flexibility index (Phi) is 6.17. The number of esters is 1. The van der Waals surface area contributed by atoms with E-state index in [1.807, 2.05) is 0 Å². The van der Waals surface area contributed by atoms with E-state index < -0.39 is 5.60 Å². The minimum atomic E-state index is -0.728. The van der Waals surface area contributed by atoms with Crippen LogP contribution in [0.2, 0.25) is 0 Å². The molecule has 0 radical (unpaired) electrons. The fraction of sp³-hybridized carbons (Fsp3) is 0.733. The topological polar surface area (TPSA) is 46.5 Å². The fourth-order valence-electron chi connectivity index (χ4n) is 2.57. The first-order valence-corrected chi connectivity index (χ1v) is 6.90. The number of carbonyl (C=O) groups is 1. The van der Waals surface area contributed by atoms with Crippen molar-refractivity contribution in [1.29, 1.82) is 0 Å². The SMILES string of the molecule is C=C=C(CCCC(=O)OCC)C1(O)CCCCC1. The van der Waals surface area contributed by atoms with E-state index in [0.29, 0.717) is 25.9 Å². The molecule has 3 heteroatoms. The zero-order valence-corrected chi connectivity index (χ0v) is 11.3. The lowest BCUT2D eigenvalue weighted by atomic mass is 9.78. The first-order valence-electron chi connectivity index (χ1n) is 6.90. The lowest BCUT2D eigenvalue weighted by molar-refractivity contribution is -0.143. The monoisotopic (exact) mass is 252 g/mol. The summed E-state index contributed by atoms with van der Waals surface area (Å²) in [4.78, 5) is 11.2. The highest BCUT2D eigenvalue weighted by atomic mass is 16.5. The van der Waals surface area contributed by atoms with Crippen LogP contribution >= 0.6 is 0 Å². The average molecular weight is 252 g/mol. The van der Waals surface area contributed by atoms with Crippen molar-refractivity contribution in [3.63, 3.8) is 0 Å². The number of hydrogen-bond donors (Lipinski definition) is 1. The summed E-state index contributed by atoms with van der Waals surface area (Å²) in [5.74, 6) is -0.170. The molecule has 1 rings (SSSR count). The number of hydrogen-bond acceptors (Lipinski definition) is 3. The molecule has 0 aromatic carbocycles. The summed E-state index contributed by atoms with van der Waals surface area (Å²) in [5.41, 5.74) is 3.02. The molecule has 0 spiro atoms. The van der Waals surface area contributed by atoms with Crippen molar-refractivity contribution in [2.24, 2.45) is 0 Å². The molecule has 0 bridgehead atoms. The summed E-state index contributed by atoms with van der Waals surface area (Å²) in [6, 6.07) is 0. The molecule has 0 heterocycles. The Morgan fingerprint density at radius 1 is 1.33 bits per heavy atom. The maximum atomic E-state index is 11.2. The van der Waals surface area contributed by atoms with E-state index in [1.54, 1.807) is 6.92 Å². The van der Waals surface area contributed by atoms with Gasteiger partial charge in [-0.25, -0.2) is 0 Å². The van der Waals surface area contributed by atoms with Crippen LogP contribution in [0.1, 0.15) is 58.3 Å². The van der Waals surface area contributed by atoms with Crippen LogP contribution < -0.4 is 0 Å². The molecule has 18 heavy (non-hydrogen) atoms. The Morgan fingerprint density at radius 3 is 2.56 bits per heavy atom. The second kappa shape index (κ2) is 7.40. The highest BCUT2D eigenvalue weighted by Crippen LogP contribution is 2.35. The minimum Gasteiger partial charge on any atom is -0.466 e. The molecule has 0 aromatic heterocycles. The lowest BCUT2D eigenvalue weighted by Crippen LogP contribution is -2.33. The third-order valence-corrected chi connectivity index (χ3v) is 3.57. The van der Waals surface area contributed by atoms with Crippen LogP contribution in [-0.4, -0.2) is 23.3 Å². The number of aliphatic hydroxyl groups is 1. The zero-order chi connectivity index (χ0) is 13.4. The van der Waals surface area contributed by atoms with Crippen LogP contribution in [0.15, 0.2) is 17.9 Å². The molecular weight excluding hydrogens is 228 g/mol. The average Bonchev–Trinajstić information content (AvgIpc) is 2.35. The molecule has 0 unspecified atom stereocenters. The molecular formula is C15H24O3. The van der Waals surface area contributed by atoms with Gasteiger partial charge < -0.3 is 9.84 Å². The molecule has 1 aliphatic rings. The Bertz CT molecular complexity index is 321. The molecule has 0 saturated heterocycles. The summed E-state index contributed by atoms with van der Waals surface area (Å²) in [6.07, 6.45) is 6.66. The van der Waals surface area contributed by atoms with E-state index in [1.165, 1.54) is 6.42 Å². The van der Waals surface area contributed by atoms with Gasteiger partial charge in [0.1, 0.15) is 0 Å². The Morgan fingerprint density at radius 2 is 2.00 bits per heavy atom. The summed E-state index contributed by atoms with van der Waals surface area (Å²) in [7, 11) is 0. The highest BCUT2D eigenvalue weighted by molar-refractivity contribution is 5.69. The summed E-state index contributed by atoms with van der Waals surface area (Å²) in [6.45, 7) is 5.90. The van der Waals surface area contributed by atoms with E-state index in [9.17, 15) is 9.90 Å². The van der Waals surface area contributed by atoms with Gasteiger partial charge in [0.25, 0.3) is 0 Å². The summed E-state index contributed by atoms with van der Waals surface area (Å²) >= 11 is 0. The van der Waals surface area contributed by atoms with Crippen molar-refractivity contribution in [2.45, 2.75) is 63.9 Å². The fourth-order valence-corrected chi connectivity index (χ4v) is 2.57. The lowest BCUT2D eigenvalue weighted by Gasteiger charge is -2.33. The first-order chi connectivity index (χ1) is 8.62. The van der Waals surface area contributed by atoms with Crippen LogP contribution in [0.25, 0.3) is 0 Å². The van der Waals surface area contributed by atoms with Crippen molar-refractivity contribution >= 4 is 5.97 Å². The minimum absolute atomic E-state index is 0.170. The number of rotatable bonds is 6. The van der Waals surface area contributed by atoms with Gasteiger partial charge in [0.2, 0.25) is 0 Å². The maximum absolute atomic E-state index is 11.2. The van der Waals surface area contributed by atoms with Crippen molar-refractivity contribution in [1.82, 2.24) is 0 Å². The molecule has 0 atom stereocenters. The zero-order valence-electron chi connectivity index (χ0n) is 11.3. The largest absolute Gasteiger partial charge is 0.466 e. The van der Waals surface area contributed by atoms with Gasteiger partial charge in [-0.15, -0.1) is 5.73 Å². The van der Waals surface area contributed by atoms with Crippen LogP contribution in [0.5, 0.6) is 0 Å². The molecule has 0 amide bonds. The van der Waals surface area contributed by atoms with Crippen LogP contribution in [0.4, 0.5) is 0 Å². The third-order valence-electron chi connectivity index (χ3n) is 3.57. The van der Waals surface area contributed by atoms with Gasteiger partial charge in [0, 0.05) is 12.0 Å². The van der Waals surface area contributed by atoms with E-state index in [-0.39, 0.29) is 5.97 Å². The Labute approximate surface area is 110 Å². The Balaban J connectivity index is 2.43. The quantitative estimate of drug-likeness (QED) is 0.583.